The maximum Gasteiger partial charge on any atom is 0.254 e. The molecule has 0 spiro atoms. The predicted octanol–water partition coefficient (Wildman–Crippen LogP) is 3.86. The van der Waals surface area contributed by atoms with Crippen molar-refractivity contribution in [2.45, 2.75) is 44.0 Å². The lowest BCUT2D eigenvalue weighted by Gasteiger charge is -2.26. The van der Waals surface area contributed by atoms with E-state index in [2.05, 4.69) is 0 Å². The number of carbonyl (C=O) groups excluding carboxylic acids is 1. The molecular weight excluding hydrogens is 456 g/mol. The van der Waals surface area contributed by atoms with Crippen LogP contribution in [0.25, 0.3) is 0 Å². The Morgan fingerprint density at radius 2 is 1.79 bits per heavy atom. The van der Waals surface area contributed by atoms with Crippen molar-refractivity contribution in [2.24, 2.45) is 0 Å². The first-order chi connectivity index (χ1) is 16.4. The van der Waals surface area contributed by atoms with Crippen LogP contribution in [0.15, 0.2) is 41.3 Å². The van der Waals surface area contributed by atoms with Crippen LogP contribution in [0.5, 0.6) is 17.2 Å². The number of carbonyl (C=O) groups is 1. The first-order valence-corrected chi connectivity index (χ1v) is 13.2. The number of hydrogen-bond donors (Lipinski definition) is 0. The van der Waals surface area contributed by atoms with Crippen LogP contribution in [0.1, 0.15) is 55.1 Å². The second-order valence-corrected chi connectivity index (χ2v) is 10.3. The van der Waals surface area contributed by atoms with Gasteiger partial charge in [-0.1, -0.05) is 19.9 Å². The summed E-state index contributed by atoms with van der Waals surface area (Å²) in [6.07, 6.45) is 2.52. The van der Waals surface area contributed by atoms with Gasteiger partial charge in [0.2, 0.25) is 10.0 Å². The van der Waals surface area contributed by atoms with E-state index in [1.807, 2.05) is 23.1 Å². The molecule has 1 amide bonds. The SMILES string of the molecule is CCN(CC)S(=O)(=O)c1cc(C(=O)N2CCC[C@H]2c2ccc3c(c2)OCCCO3)ccc1OC. The molecule has 0 aromatic heterocycles. The summed E-state index contributed by atoms with van der Waals surface area (Å²) < 4.78 is 44.7. The lowest BCUT2D eigenvalue weighted by atomic mass is 10.0. The van der Waals surface area contributed by atoms with Gasteiger partial charge in [0, 0.05) is 31.6 Å². The summed E-state index contributed by atoms with van der Waals surface area (Å²) in [7, 11) is -2.37. The summed E-state index contributed by atoms with van der Waals surface area (Å²) in [6, 6.07) is 10.4. The smallest absolute Gasteiger partial charge is 0.254 e. The van der Waals surface area contributed by atoms with Crippen LogP contribution in [-0.4, -0.2) is 63.5 Å². The first kappa shape index (κ1) is 24.3. The molecular formula is C25H32N2O6S. The van der Waals surface area contributed by atoms with Crippen LogP contribution in [-0.2, 0) is 10.0 Å². The van der Waals surface area contributed by atoms with Crippen LogP contribution in [0.4, 0.5) is 0 Å². The normalized spacial score (nSPS) is 18.1. The van der Waals surface area contributed by atoms with E-state index >= 15 is 0 Å². The van der Waals surface area contributed by atoms with Gasteiger partial charge in [-0.25, -0.2) is 8.42 Å². The third kappa shape index (κ3) is 4.59. The van der Waals surface area contributed by atoms with Gasteiger partial charge in [0.25, 0.3) is 5.91 Å². The molecule has 1 atom stereocenters. The van der Waals surface area contributed by atoms with Crippen molar-refractivity contribution in [3.63, 3.8) is 0 Å². The molecule has 34 heavy (non-hydrogen) atoms. The molecule has 0 saturated carbocycles. The third-order valence-electron chi connectivity index (χ3n) is 6.40. The highest BCUT2D eigenvalue weighted by atomic mass is 32.2. The van der Waals surface area contributed by atoms with E-state index in [4.69, 9.17) is 14.2 Å². The number of ether oxygens (including phenoxy) is 3. The Balaban J connectivity index is 1.65. The zero-order valence-electron chi connectivity index (χ0n) is 20.0. The molecule has 0 N–H and O–H groups in total. The number of benzene rings is 2. The molecule has 4 rings (SSSR count). The molecule has 0 radical (unpaired) electrons. The topological polar surface area (TPSA) is 85.4 Å². The Hall–Kier alpha value is -2.78. The third-order valence-corrected chi connectivity index (χ3v) is 8.47. The van der Waals surface area contributed by atoms with Gasteiger partial charge in [-0.2, -0.15) is 4.31 Å². The fraction of sp³-hybridized carbons (Fsp3) is 0.480. The van der Waals surface area contributed by atoms with Crippen LogP contribution in [0.3, 0.4) is 0 Å². The van der Waals surface area contributed by atoms with E-state index in [9.17, 15) is 13.2 Å². The summed E-state index contributed by atoms with van der Waals surface area (Å²) in [6.45, 7) is 6.05. The fourth-order valence-corrected chi connectivity index (χ4v) is 6.26. The molecule has 2 aromatic rings. The highest BCUT2D eigenvalue weighted by Crippen LogP contribution is 2.39. The van der Waals surface area contributed by atoms with Gasteiger partial charge in [0.05, 0.1) is 26.4 Å². The molecule has 0 bridgehead atoms. The number of hydrogen-bond acceptors (Lipinski definition) is 6. The Bertz CT molecular complexity index is 1150. The highest BCUT2D eigenvalue weighted by Gasteiger charge is 2.33. The number of fused-ring (bicyclic) bond motifs is 1. The van der Waals surface area contributed by atoms with E-state index in [1.54, 1.807) is 26.0 Å². The van der Waals surface area contributed by atoms with Crippen LogP contribution in [0, 0.1) is 0 Å². The van der Waals surface area contributed by atoms with Crippen molar-refractivity contribution >= 4 is 15.9 Å². The number of likely N-dealkylation sites (tertiary alicyclic amines) is 1. The zero-order valence-corrected chi connectivity index (χ0v) is 20.8. The molecule has 2 aliphatic rings. The quantitative estimate of drug-likeness (QED) is 0.588. The molecule has 0 unspecified atom stereocenters. The van der Waals surface area contributed by atoms with E-state index in [0.29, 0.717) is 44.2 Å². The van der Waals surface area contributed by atoms with Crippen LogP contribution < -0.4 is 14.2 Å². The maximum atomic E-state index is 13.6. The molecule has 9 heteroatoms. The van der Waals surface area contributed by atoms with E-state index < -0.39 is 10.0 Å². The van der Waals surface area contributed by atoms with Gasteiger partial charge >= 0.3 is 0 Å². The van der Waals surface area contributed by atoms with Gasteiger partial charge in [-0.05, 0) is 48.7 Å². The van der Waals surface area contributed by atoms with Gasteiger partial charge in [-0.3, -0.25) is 4.79 Å². The van der Waals surface area contributed by atoms with Crippen LogP contribution >= 0.6 is 0 Å². The average molecular weight is 489 g/mol. The molecule has 0 aliphatic carbocycles. The Kier molecular flexibility index (Phi) is 7.33. The minimum absolute atomic E-state index is 0.0101. The van der Waals surface area contributed by atoms with Crippen molar-refractivity contribution < 1.29 is 27.4 Å². The number of methoxy groups -OCH3 is 1. The zero-order chi connectivity index (χ0) is 24.3. The summed E-state index contributed by atoms with van der Waals surface area (Å²) >= 11 is 0. The van der Waals surface area contributed by atoms with Crippen LogP contribution in [0.2, 0.25) is 0 Å². The fourth-order valence-electron chi connectivity index (χ4n) is 4.62. The minimum atomic E-state index is -3.80. The maximum absolute atomic E-state index is 13.6. The number of sulfonamides is 1. The molecule has 2 aromatic carbocycles. The first-order valence-electron chi connectivity index (χ1n) is 11.8. The number of nitrogens with zero attached hydrogens (tertiary/aromatic N) is 2. The van der Waals surface area contributed by atoms with Gasteiger partial charge in [0.15, 0.2) is 11.5 Å². The van der Waals surface area contributed by atoms with Crippen molar-refractivity contribution in [3.05, 3.63) is 47.5 Å². The lowest BCUT2D eigenvalue weighted by molar-refractivity contribution is 0.0735. The number of rotatable bonds is 7. The summed E-state index contributed by atoms with van der Waals surface area (Å²) in [5.74, 6) is 1.45. The summed E-state index contributed by atoms with van der Waals surface area (Å²) in [5, 5.41) is 0. The highest BCUT2D eigenvalue weighted by molar-refractivity contribution is 7.89. The van der Waals surface area contributed by atoms with Crippen molar-refractivity contribution in [1.29, 1.82) is 0 Å². The van der Waals surface area contributed by atoms with Crippen molar-refractivity contribution in [1.82, 2.24) is 9.21 Å². The van der Waals surface area contributed by atoms with E-state index in [0.717, 1.165) is 30.6 Å². The second kappa shape index (κ2) is 10.2. The van der Waals surface area contributed by atoms with Gasteiger partial charge < -0.3 is 19.1 Å². The Labute approximate surface area is 201 Å². The second-order valence-electron chi connectivity index (χ2n) is 8.37. The monoisotopic (exact) mass is 488 g/mol. The Morgan fingerprint density at radius 1 is 1.06 bits per heavy atom. The standard InChI is InChI=1S/C25H32N2O6S/c1-4-26(5-2)34(29,30)24-17-19(10-12-22(24)31-3)25(28)27-13-6-8-20(27)18-9-11-21-23(16-18)33-15-7-14-32-21/h9-12,16-17,20H,4-8,13-15H2,1-3H3/t20-/m0/s1. The largest absolute Gasteiger partial charge is 0.495 e. The van der Waals surface area contributed by atoms with Crippen molar-refractivity contribution in [2.75, 3.05) is 40.0 Å². The lowest BCUT2D eigenvalue weighted by Crippen LogP contribution is -2.32. The minimum Gasteiger partial charge on any atom is -0.495 e. The Morgan fingerprint density at radius 3 is 2.50 bits per heavy atom. The van der Waals surface area contributed by atoms with Crippen molar-refractivity contribution in [3.8, 4) is 17.2 Å². The molecule has 2 aliphatic heterocycles. The summed E-state index contributed by atoms with van der Waals surface area (Å²) in [5.41, 5.74) is 1.31. The molecule has 1 fully saturated rings. The molecule has 184 valence electrons. The van der Waals surface area contributed by atoms with Gasteiger partial charge in [-0.15, -0.1) is 0 Å². The van der Waals surface area contributed by atoms with E-state index in [-0.39, 0.29) is 22.6 Å². The summed E-state index contributed by atoms with van der Waals surface area (Å²) in [4.78, 5) is 15.4. The predicted molar refractivity (Wildman–Crippen MR) is 128 cm³/mol. The molecule has 8 nitrogen and oxygen atoms in total. The molecule has 2 heterocycles. The molecule has 1 saturated heterocycles. The number of amides is 1. The van der Waals surface area contributed by atoms with E-state index in [1.165, 1.54) is 17.5 Å². The average Bonchev–Trinajstić information content (AvgIpc) is 3.22. The van der Waals surface area contributed by atoms with Gasteiger partial charge in [0.1, 0.15) is 10.6 Å².